The van der Waals surface area contributed by atoms with Crippen LogP contribution < -0.4 is 4.74 Å². The van der Waals surface area contributed by atoms with Gasteiger partial charge in [0, 0.05) is 12.3 Å². The molecule has 0 radical (unpaired) electrons. The van der Waals surface area contributed by atoms with Crippen LogP contribution >= 0.6 is 11.6 Å². The average molecular weight is 292 g/mol. The summed E-state index contributed by atoms with van der Waals surface area (Å²) >= 11 is 5.81. The summed E-state index contributed by atoms with van der Waals surface area (Å²) in [5, 5.41) is 0.349. The molecule has 0 aliphatic heterocycles. The number of ether oxygens (including phenoxy) is 2. The van der Waals surface area contributed by atoms with Gasteiger partial charge >= 0.3 is 5.97 Å². The maximum absolute atomic E-state index is 11.7. The Labute approximate surface area is 122 Å². The number of aromatic nitrogens is 1. The van der Waals surface area contributed by atoms with Gasteiger partial charge in [0.2, 0.25) is 0 Å². The van der Waals surface area contributed by atoms with E-state index in [0.717, 1.165) is 5.56 Å². The summed E-state index contributed by atoms with van der Waals surface area (Å²) in [6.07, 6.45) is 1.56. The fourth-order valence-electron chi connectivity index (χ4n) is 1.63. The molecule has 0 aliphatic carbocycles. The van der Waals surface area contributed by atoms with Gasteiger partial charge in [-0.25, -0.2) is 9.78 Å². The van der Waals surface area contributed by atoms with E-state index in [9.17, 15) is 4.79 Å². The van der Waals surface area contributed by atoms with Gasteiger partial charge in [-0.3, -0.25) is 0 Å². The number of aryl methyl sites for hydroxylation is 1. The molecule has 0 saturated carbocycles. The van der Waals surface area contributed by atoms with Crippen molar-refractivity contribution in [2.45, 2.75) is 13.8 Å². The zero-order valence-electron chi connectivity index (χ0n) is 11.2. The number of nitrogens with zero attached hydrogens (tertiary/aromatic N) is 1. The first-order chi connectivity index (χ1) is 9.60. The van der Waals surface area contributed by atoms with Gasteiger partial charge in [-0.05, 0) is 37.6 Å². The maximum Gasteiger partial charge on any atom is 0.338 e. The molecule has 1 aromatic carbocycles. The summed E-state index contributed by atoms with van der Waals surface area (Å²) in [6.45, 7) is 4.00. The molecule has 0 amide bonds. The Kier molecular flexibility index (Phi) is 4.58. The number of esters is 1. The van der Waals surface area contributed by atoms with E-state index in [0.29, 0.717) is 28.8 Å². The lowest BCUT2D eigenvalue weighted by Gasteiger charge is -2.10. The Morgan fingerprint density at radius 1 is 1.30 bits per heavy atom. The van der Waals surface area contributed by atoms with E-state index in [-0.39, 0.29) is 5.97 Å². The van der Waals surface area contributed by atoms with Gasteiger partial charge in [-0.1, -0.05) is 17.7 Å². The van der Waals surface area contributed by atoms with Crippen LogP contribution in [-0.4, -0.2) is 17.6 Å². The largest absolute Gasteiger partial charge is 0.462 e. The molecule has 0 spiro atoms. The average Bonchev–Trinajstić information content (AvgIpc) is 2.41. The van der Waals surface area contributed by atoms with Crippen LogP contribution in [0.4, 0.5) is 0 Å². The molecule has 0 atom stereocenters. The van der Waals surface area contributed by atoms with Crippen molar-refractivity contribution in [1.82, 2.24) is 4.98 Å². The van der Waals surface area contributed by atoms with Crippen molar-refractivity contribution in [2.75, 3.05) is 6.61 Å². The number of hydrogen-bond donors (Lipinski definition) is 0. The highest BCUT2D eigenvalue weighted by Crippen LogP contribution is 2.27. The number of benzene rings is 1. The molecule has 0 aliphatic rings. The van der Waals surface area contributed by atoms with E-state index in [2.05, 4.69) is 4.98 Å². The quantitative estimate of drug-likeness (QED) is 0.631. The Morgan fingerprint density at radius 3 is 2.80 bits per heavy atom. The molecule has 0 unspecified atom stereocenters. The predicted molar refractivity (Wildman–Crippen MR) is 76.5 cm³/mol. The number of pyridine rings is 1. The number of carbonyl (C=O) groups excluding carboxylic acids is 1. The van der Waals surface area contributed by atoms with Gasteiger partial charge in [0.1, 0.15) is 16.7 Å². The normalized spacial score (nSPS) is 10.2. The molecule has 1 heterocycles. The first-order valence-corrected chi connectivity index (χ1v) is 6.55. The standard InChI is InChI=1S/C15H14ClNO3/c1-3-19-15(18)11-5-4-10(2)13(8-11)20-12-6-7-17-14(16)9-12/h4-9H,3H2,1-2H3. The lowest BCUT2D eigenvalue weighted by molar-refractivity contribution is 0.0526. The third-order valence-corrected chi connectivity index (χ3v) is 2.83. The summed E-state index contributed by atoms with van der Waals surface area (Å²) in [5.74, 6) is 0.775. The first kappa shape index (κ1) is 14.3. The van der Waals surface area contributed by atoms with Crippen LogP contribution in [0.1, 0.15) is 22.8 Å². The fourth-order valence-corrected chi connectivity index (χ4v) is 1.79. The van der Waals surface area contributed by atoms with Gasteiger partial charge in [-0.15, -0.1) is 0 Å². The van der Waals surface area contributed by atoms with Gasteiger partial charge in [0.25, 0.3) is 0 Å². The Morgan fingerprint density at radius 2 is 2.10 bits per heavy atom. The van der Waals surface area contributed by atoms with Gasteiger partial charge in [-0.2, -0.15) is 0 Å². The molecule has 1 aromatic heterocycles. The highest BCUT2D eigenvalue weighted by molar-refractivity contribution is 6.29. The minimum absolute atomic E-state index is 0.336. The van der Waals surface area contributed by atoms with Crippen molar-refractivity contribution in [1.29, 1.82) is 0 Å². The van der Waals surface area contributed by atoms with E-state index in [1.807, 2.05) is 13.0 Å². The van der Waals surface area contributed by atoms with E-state index < -0.39 is 0 Å². The second-order valence-corrected chi connectivity index (χ2v) is 4.50. The summed E-state index contributed by atoms with van der Waals surface area (Å²) in [5.41, 5.74) is 1.36. The number of rotatable bonds is 4. The molecule has 20 heavy (non-hydrogen) atoms. The van der Waals surface area contributed by atoms with E-state index in [1.165, 1.54) is 0 Å². The highest BCUT2D eigenvalue weighted by atomic mass is 35.5. The SMILES string of the molecule is CCOC(=O)c1ccc(C)c(Oc2ccnc(Cl)c2)c1. The van der Waals surface area contributed by atoms with Crippen LogP contribution in [0.2, 0.25) is 5.15 Å². The van der Waals surface area contributed by atoms with Crippen LogP contribution in [0.5, 0.6) is 11.5 Å². The van der Waals surface area contributed by atoms with Crippen LogP contribution in [-0.2, 0) is 4.74 Å². The van der Waals surface area contributed by atoms with Crippen molar-refractivity contribution >= 4 is 17.6 Å². The molecule has 2 rings (SSSR count). The Bertz CT molecular complexity index is 628. The van der Waals surface area contributed by atoms with Gasteiger partial charge in [0.05, 0.1) is 12.2 Å². The topological polar surface area (TPSA) is 48.4 Å². The van der Waals surface area contributed by atoms with Crippen molar-refractivity contribution in [3.05, 3.63) is 52.8 Å². The monoisotopic (exact) mass is 291 g/mol. The van der Waals surface area contributed by atoms with E-state index >= 15 is 0 Å². The lowest BCUT2D eigenvalue weighted by atomic mass is 10.1. The second kappa shape index (κ2) is 6.39. The maximum atomic E-state index is 11.7. The third kappa shape index (κ3) is 3.48. The summed E-state index contributed by atoms with van der Waals surface area (Å²) in [7, 11) is 0. The van der Waals surface area contributed by atoms with Crippen LogP contribution in [0.25, 0.3) is 0 Å². The van der Waals surface area contributed by atoms with Gasteiger partial charge < -0.3 is 9.47 Å². The molecule has 0 N–H and O–H groups in total. The van der Waals surface area contributed by atoms with Gasteiger partial charge in [0.15, 0.2) is 0 Å². The molecule has 5 heteroatoms. The number of hydrogen-bond acceptors (Lipinski definition) is 4. The Balaban J connectivity index is 2.27. The minimum atomic E-state index is -0.370. The molecule has 2 aromatic rings. The van der Waals surface area contributed by atoms with Crippen molar-refractivity contribution in [3.8, 4) is 11.5 Å². The molecule has 4 nitrogen and oxygen atoms in total. The minimum Gasteiger partial charge on any atom is -0.462 e. The zero-order chi connectivity index (χ0) is 14.5. The second-order valence-electron chi connectivity index (χ2n) is 4.12. The third-order valence-electron chi connectivity index (χ3n) is 2.63. The molecular weight excluding hydrogens is 278 g/mol. The summed E-state index contributed by atoms with van der Waals surface area (Å²) in [6, 6.07) is 8.48. The summed E-state index contributed by atoms with van der Waals surface area (Å²) < 4.78 is 10.7. The highest BCUT2D eigenvalue weighted by Gasteiger charge is 2.10. The Hall–Kier alpha value is -2.07. The molecule has 0 fully saturated rings. The first-order valence-electron chi connectivity index (χ1n) is 6.17. The smallest absolute Gasteiger partial charge is 0.338 e. The molecule has 104 valence electrons. The lowest BCUT2D eigenvalue weighted by Crippen LogP contribution is -2.05. The molecule has 0 bridgehead atoms. The number of halogens is 1. The number of carbonyl (C=O) groups is 1. The zero-order valence-corrected chi connectivity index (χ0v) is 12.0. The fraction of sp³-hybridized carbons (Fsp3) is 0.200. The van der Waals surface area contributed by atoms with Crippen LogP contribution in [0.15, 0.2) is 36.5 Å². The van der Waals surface area contributed by atoms with E-state index in [1.54, 1.807) is 37.4 Å². The molecular formula is C15H14ClNO3. The molecule has 0 saturated heterocycles. The van der Waals surface area contributed by atoms with E-state index in [4.69, 9.17) is 21.1 Å². The van der Waals surface area contributed by atoms with Crippen molar-refractivity contribution in [2.24, 2.45) is 0 Å². The summed E-state index contributed by atoms with van der Waals surface area (Å²) in [4.78, 5) is 15.6. The predicted octanol–water partition coefficient (Wildman–Crippen LogP) is 4.01. The van der Waals surface area contributed by atoms with Crippen LogP contribution in [0, 0.1) is 6.92 Å². The van der Waals surface area contributed by atoms with Crippen molar-refractivity contribution in [3.63, 3.8) is 0 Å². The van der Waals surface area contributed by atoms with Crippen molar-refractivity contribution < 1.29 is 14.3 Å². The van der Waals surface area contributed by atoms with Crippen LogP contribution in [0.3, 0.4) is 0 Å².